The van der Waals surface area contributed by atoms with E-state index in [4.69, 9.17) is 0 Å². The van der Waals surface area contributed by atoms with Crippen LogP contribution < -0.4 is 14.7 Å². The SMILES string of the molecule is Cc1cc(C)c(N2C(=O)c3ccc(C(=O)c4ccc5c(c4)C(=O)N(c4c(C)cc(C)c(N6C(=O)c7ccc(-c8ccc9c(c8)C(=O)N(C)C9=O)cc7C6=O)c4C)C5=O)cc3C2=O)c(C)c1C. The molecule has 324 valence electrons. The maximum Gasteiger partial charge on any atom is 0.266 e. The third-order valence-corrected chi connectivity index (χ3v) is 13.5. The van der Waals surface area contributed by atoms with E-state index in [1.165, 1.54) is 49.5 Å². The summed E-state index contributed by atoms with van der Waals surface area (Å²) in [6.07, 6.45) is 0. The van der Waals surface area contributed by atoms with E-state index < -0.39 is 53.0 Å². The van der Waals surface area contributed by atoms with Crippen molar-refractivity contribution in [1.29, 1.82) is 0 Å². The second kappa shape index (κ2) is 14.3. The fourth-order valence-electron chi connectivity index (χ4n) is 9.97. The molecule has 0 saturated heterocycles. The van der Waals surface area contributed by atoms with Crippen LogP contribution >= 0.6 is 0 Å². The second-order valence-electron chi connectivity index (χ2n) is 17.3. The molecular weight excluding hydrogens is 837 g/mol. The van der Waals surface area contributed by atoms with Gasteiger partial charge in [-0.1, -0.05) is 36.4 Å². The van der Waals surface area contributed by atoms with Crippen molar-refractivity contribution in [2.24, 2.45) is 0 Å². The van der Waals surface area contributed by atoms with Gasteiger partial charge < -0.3 is 0 Å². The Morgan fingerprint density at radius 3 is 1.09 bits per heavy atom. The zero-order valence-electron chi connectivity index (χ0n) is 37.0. The zero-order chi connectivity index (χ0) is 47.1. The van der Waals surface area contributed by atoms with Gasteiger partial charge in [0.05, 0.1) is 61.6 Å². The molecular formula is C53H38N4O9. The van der Waals surface area contributed by atoms with Crippen molar-refractivity contribution >= 4 is 70.1 Å². The van der Waals surface area contributed by atoms with Gasteiger partial charge in [0.25, 0.3) is 47.3 Å². The Labute approximate surface area is 377 Å². The van der Waals surface area contributed by atoms with Gasteiger partial charge in [0.15, 0.2) is 5.78 Å². The molecule has 0 saturated carbocycles. The molecule has 6 aromatic carbocycles. The molecule has 4 aliphatic heterocycles. The van der Waals surface area contributed by atoms with Crippen LogP contribution in [0.4, 0.5) is 17.1 Å². The van der Waals surface area contributed by atoms with Crippen molar-refractivity contribution in [3.05, 3.63) is 180 Å². The van der Waals surface area contributed by atoms with Crippen LogP contribution in [-0.2, 0) is 0 Å². The number of aryl methyl sites for hydroxylation is 4. The van der Waals surface area contributed by atoms with Crippen molar-refractivity contribution in [2.45, 2.75) is 48.5 Å². The van der Waals surface area contributed by atoms with E-state index in [0.717, 1.165) is 41.9 Å². The standard InChI is InChI=1S/C53H38N4O9/c1-23-17-24(2)42(28(6)27(23)5)55-48(61)36-15-11-32(21-40(36)52(55)65)45(58)33-12-16-37-41(22-33)53(66)57(50(37)63)44-26(4)18-25(3)43(29(44)7)56-49(62)35-14-10-31(20-39(35)51(56)64)30-9-13-34-38(19-30)47(60)54(8)46(34)59/h9-22H,1-8H3. The molecule has 0 aliphatic carbocycles. The normalized spacial score (nSPS) is 15.2. The van der Waals surface area contributed by atoms with Gasteiger partial charge in [0.1, 0.15) is 0 Å². The van der Waals surface area contributed by atoms with E-state index in [1.807, 2.05) is 33.8 Å². The minimum atomic E-state index is -0.720. The maximum atomic E-state index is 14.4. The predicted molar refractivity (Wildman–Crippen MR) is 244 cm³/mol. The number of nitrogens with zero attached hydrogens (tertiary/aromatic N) is 4. The number of carbonyl (C=O) groups is 9. The van der Waals surface area contributed by atoms with Crippen molar-refractivity contribution in [2.75, 3.05) is 21.7 Å². The lowest BCUT2D eigenvalue weighted by atomic mass is 9.96. The lowest BCUT2D eigenvalue weighted by molar-refractivity contribution is 0.0690. The highest BCUT2D eigenvalue weighted by Gasteiger charge is 2.44. The van der Waals surface area contributed by atoms with E-state index >= 15 is 0 Å². The lowest BCUT2D eigenvalue weighted by Crippen LogP contribution is -2.34. The number of fused-ring (bicyclic) bond motifs is 4. The Hall–Kier alpha value is -8.45. The highest BCUT2D eigenvalue weighted by Crippen LogP contribution is 2.43. The summed E-state index contributed by atoms with van der Waals surface area (Å²) in [6.45, 7) is 12.7. The third kappa shape index (κ3) is 5.62. The Bertz CT molecular complexity index is 3450. The monoisotopic (exact) mass is 874 g/mol. The molecule has 0 bridgehead atoms. The van der Waals surface area contributed by atoms with Crippen LogP contribution in [0.1, 0.15) is 138 Å². The average Bonchev–Trinajstić information content (AvgIpc) is 3.88. The van der Waals surface area contributed by atoms with Crippen LogP contribution in [0, 0.1) is 48.5 Å². The summed E-state index contributed by atoms with van der Waals surface area (Å²) in [4.78, 5) is 128. The van der Waals surface area contributed by atoms with E-state index in [-0.39, 0.29) is 67.0 Å². The number of carbonyl (C=O) groups excluding carboxylic acids is 9. The van der Waals surface area contributed by atoms with Gasteiger partial charge in [0.2, 0.25) is 0 Å². The highest BCUT2D eigenvalue weighted by molar-refractivity contribution is 6.38. The highest BCUT2D eigenvalue weighted by atomic mass is 16.2. The number of amides is 8. The number of imide groups is 4. The summed E-state index contributed by atoms with van der Waals surface area (Å²) in [7, 11) is 1.40. The zero-order valence-corrected chi connectivity index (χ0v) is 37.0. The molecule has 0 N–H and O–H groups in total. The van der Waals surface area contributed by atoms with Crippen LogP contribution in [0.3, 0.4) is 0 Å². The average molecular weight is 875 g/mol. The number of rotatable bonds is 6. The first-order valence-electron chi connectivity index (χ1n) is 21.1. The Morgan fingerprint density at radius 2 is 0.652 bits per heavy atom. The summed E-state index contributed by atoms with van der Waals surface area (Å²) in [6, 6.07) is 21.6. The van der Waals surface area contributed by atoms with E-state index in [0.29, 0.717) is 33.5 Å². The first kappa shape index (κ1) is 41.6. The largest absolute Gasteiger partial charge is 0.289 e. The molecule has 66 heavy (non-hydrogen) atoms. The molecule has 13 nitrogen and oxygen atoms in total. The first-order chi connectivity index (χ1) is 31.3. The molecule has 0 fully saturated rings. The number of anilines is 3. The quantitative estimate of drug-likeness (QED) is 0.118. The van der Waals surface area contributed by atoms with Gasteiger partial charge in [-0.05, 0) is 147 Å². The predicted octanol–water partition coefficient (Wildman–Crippen LogP) is 8.37. The smallest absolute Gasteiger partial charge is 0.266 e. The van der Waals surface area contributed by atoms with Crippen molar-refractivity contribution in [1.82, 2.24) is 4.90 Å². The number of benzene rings is 6. The summed E-state index contributed by atoms with van der Waals surface area (Å²) in [5, 5.41) is 0. The number of hydrogen-bond donors (Lipinski definition) is 0. The van der Waals surface area contributed by atoms with Crippen molar-refractivity contribution in [3.8, 4) is 11.1 Å². The first-order valence-corrected chi connectivity index (χ1v) is 21.1. The van der Waals surface area contributed by atoms with Crippen LogP contribution in [0.15, 0.2) is 84.9 Å². The summed E-state index contributed by atoms with van der Waals surface area (Å²) < 4.78 is 0. The van der Waals surface area contributed by atoms with Crippen molar-refractivity contribution < 1.29 is 43.2 Å². The lowest BCUT2D eigenvalue weighted by Gasteiger charge is -2.26. The molecule has 4 heterocycles. The molecule has 10 rings (SSSR count). The number of ketones is 1. The summed E-state index contributed by atoms with van der Waals surface area (Å²) >= 11 is 0. The molecule has 4 aliphatic rings. The minimum Gasteiger partial charge on any atom is -0.289 e. The van der Waals surface area contributed by atoms with E-state index in [2.05, 4.69) is 0 Å². The topological polar surface area (TPSA) is 167 Å². The van der Waals surface area contributed by atoms with Crippen LogP contribution in [-0.4, -0.2) is 65.0 Å². The van der Waals surface area contributed by atoms with Crippen LogP contribution in [0.5, 0.6) is 0 Å². The molecule has 13 heteroatoms. The van der Waals surface area contributed by atoms with Gasteiger partial charge >= 0.3 is 0 Å². The van der Waals surface area contributed by atoms with Crippen molar-refractivity contribution in [3.63, 3.8) is 0 Å². The molecule has 0 aromatic heterocycles. The molecule has 0 unspecified atom stereocenters. The van der Waals surface area contributed by atoms with Gasteiger partial charge in [-0.2, -0.15) is 0 Å². The van der Waals surface area contributed by atoms with Gasteiger partial charge in [-0.25, -0.2) is 14.7 Å². The number of hydrogen-bond acceptors (Lipinski definition) is 9. The summed E-state index contributed by atoms with van der Waals surface area (Å²) in [5.41, 5.74) is 8.10. The van der Waals surface area contributed by atoms with Crippen LogP contribution in [0.2, 0.25) is 0 Å². The molecule has 0 atom stereocenters. The third-order valence-electron chi connectivity index (χ3n) is 13.5. The van der Waals surface area contributed by atoms with E-state index in [1.54, 1.807) is 57.2 Å². The van der Waals surface area contributed by atoms with Crippen LogP contribution in [0.25, 0.3) is 11.1 Å². The van der Waals surface area contributed by atoms with Gasteiger partial charge in [-0.3, -0.25) is 48.1 Å². The Kier molecular flexibility index (Phi) is 8.99. The fraction of sp³-hybridized carbons (Fsp3) is 0.151. The van der Waals surface area contributed by atoms with Gasteiger partial charge in [-0.15, -0.1) is 0 Å². The van der Waals surface area contributed by atoms with E-state index in [9.17, 15) is 43.2 Å². The molecule has 0 radical (unpaired) electrons. The maximum absolute atomic E-state index is 14.4. The molecule has 0 spiro atoms. The second-order valence-corrected chi connectivity index (χ2v) is 17.3. The summed E-state index contributed by atoms with van der Waals surface area (Å²) in [5.74, 6) is -5.06. The fourth-order valence-corrected chi connectivity index (χ4v) is 9.97. The Morgan fingerprint density at radius 1 is 0.333 bits per heavy atom. The minimum absolute atomic E-state index is 0.0384. The van der Waals surface area contributed by atoms with Gasteiger partial charge in [0, 0.05) is 18.2 Å². The Balaban J connectivity index is 0.946. The molecule has 8 amide bonds. The molecule has 6 aromatic rings.